The number of aromatic nitrogens is 2. The highest BCUT2D eigenvalue weighted by atomic mass is 16.1. The van der Waals surface area contributed by atoms with Gasteiger partial charge in [0.05, 0.1) is 17.4 Å². The van der Waals surface area contributed by atoms with E-state index >= 15 is 0 Å². The van der Waals surface area contributed by atoms with Gasteiger partial charge in [0.15, 0.2) is 0 Å². The van der Waals surface area contributed by atoms with Crippen LogP contribution < -0.4 is 16.6 Å². The maximum absolute atomic E-state index is 11.8. The van der Waals surface area contributed by atoms with Crippen molar-refractivity contribution in [2.45, 2.75) is 19.4 Å². The Balaban J connectivity index is 1.98. The zero-order valence-electron chi connectivity index (χ0n) is 10.5. The number of carbonyl (C=O) groups is 1. The topological polar surface area (TPSA) is 101 Å². The Labute approximate surface area is 110 Å². The molecule has 2 rings (SSSR count). The summed E-state index contributed by atoms with van der Waals surface area (Å²) in [7, 11) is 0. The number of benzene rings is 1. The quantitative estimate of drug-likeness (QED) is 0.649. The molecule has 0 aliphatic heterocycles. The number of para-hydroxylation sites is 1. The number of nitrogens with zero attached hydrogens (tertiary/aromatic N) is 1. The van der Waals surface area contributed by atoms with Crippen LogP contribution >= 0.6 is 0 Å². The van der Waals surface area contributed by atoms with E-state index in [-0.39, 0.29) is 11.5 Å². The molecule has 0 unspecified atom stereocenters. The van der Waals surface area contributed by atoms with Gasteiger partial charge >= 0.3 is 0 Å². The van der Waals surface area contributed by atoms with Gasteiger partial charge in [-0.2, -0.15) is 0 Å². The van der Waals surface area contributed by atoms with Crippen LogP contribution in [0.25, 0.3) is 10.9 Å². The van der Waals surface area contributed by atoms with Crippen LogP contribution in [-0.4, -0.2) is 22.4 Å². The number of aromatic amines is 1. The molecule has 0 saturated carbocycles. The molecule has 0 radical (unpaired) electrons. The number of nitrogens with two attached hydrogens (primary N) is 1. The number of primary amides is 1. The van der Waals surface area contributed by atoms with Crippen molar-refractivity contribution in [3.05, 3.63) is 40.4 Å². The molecular weight excluding hydrogens is 244 g/mol. The number of fused-ring (bicyclic) bond motifs is 1. The minimum Gasteiger partial charge on any atom is -0.370 e. The van der Waals surface area contributed by atoms with E-state index < -0.39 is 0 Å². The van der Waals surface area contributed by atoms with Crippen LogP contribution in [0.4, 0.5) is 0 Å². The Bertz CT molecular complexity index is 636. The standard InChI is InChI=1S/C13H16N4O2/c14-11(18)6-3-7-15-8-12-16-10-5-2-1-4-9(10)13(19)17-12/h1-2,4-5,15H,3,6-8H2,(H2,14,18)(H,16,17,19). The molecule has 6 heteroatoms. The molecule has 1 amide bonds. The molecular formula is C13H16N4O2. The highest BCUT2D eigenvalue weighted by Gasteiger charge is 2.02. The van der Waals surface area contributed by atoms with E-state index in [1.54, 1.807) is 18.2 Å². The summed E-state index contributed by atoms with van der Waals surface area (Å²) in [5.74, 6) is 0.279. The molecule has 0 fully saturated rings. The van der Waals surface area contributed by atoms with Gasteiger partial charge in [-0.15, -0.1) is 0 Å². The predicted octanol–water partition coefficient (Wildman–Crippen LogP) is 0.278. The van der Waals surface area contributed by atoms with E-state index in [1.165, 1.54) is 0 Å². The van der Waals surface area contributed by atoms with Crippen molar-refractivity contribution in [3.63, 3.8) is 0 Å². The summed E-state index contributed by atoms with van der Waals surface area (Å²) in [6.45, 7) is 1.11. The average molecular weight is 260 g/mol. The first-order valence-corrected chi connectivity index (χ1v) is 6.14. The molecule has 4 N–H and O–H groups in total. The van der Waals surface area contributed by atoms with Crippen molar-refractivity contribution in [1.29, 1.82) is 0 Å². The number of carbonyl (C=O) groups excluding carboxylic acids is 1. The van der Waals surface area contributed by atoms with Gasteiger partial charge in [-0.25, -0.2) is 4.98 Å². The summed E-state index contributed by atoms with van der Waals surface area (Å²) in [5.41, 5.74) is 5.58. The summed E-state index contributed by atoms with van der Waals surface area (Å²) >= 11 is 0. The van der Waals surface area contributed by atoms with E-state index in [4.69, 9.17) is 5.73 Å². The van der Waals surface area contributed by atoms with Crippen molar-refractivity contribution in [1.82, 2.24) is 15.3 Å². The summed E-state index contributed by atoms with van der Waals surface area (Å²) in [6, 6.07) is 7.20. The molecule has 100 valence electrons. The van der Waals surface area contributed by atoms with Crippen molar-refractivity contribution in [2.24, 2.45) is 5.73 Å². The van der Waals surface area contributed by atoms with Gasteiger partial charge in [0.1, 0.15) is 5.82 Å². The number of rotatable bonds is 6. The second-order valence-corrected chi connectivity index (χ2v) is 4.28. The second-order valence-electron chi connectivity index (χ2n) is 4.28. The highest BCUT2D eigenvalue weighted by molar-refractivity contribution is 5.77. The molecule has 0 atom stereocenters. The maximum Gasteiger partial charge on any atom is 0.258 e. The van der Waals surface area contributed by atoms with Gasteiger partial charge in [0.25, 0.3) is 5.56 Å². The molecule has 2 aromatic rings. The Morgan fingerprint density at radius 2 is 2.16 bits per heavy atom. The molecule has 0 aliphatic carbocycles. The lowest BCUT2D eigenvalue weighted by molar-refractivity contribution is -0.118. The van der Waals surface area contributed by atoms with E-state index in [0.717, 1.165) is 0 Å². The summed E-state index contributed by atoms with van der Waals surface area (Å²) < 4.78 is 0. The Morgan fingerprint density at radius 3 is 2.95 bits per heavy atom. The van der Waals surface area contributed by atoms with Gasteiger partial charge < -0.3 is 16.0 Å². The molecule has 6 nitrogen and oxygen atoms in total. The molecule has 19 heavy (non-hydrogen) atoms. The van der Waals surface area contributed by atoms with Crippen LogP contribution in [0.2, 0.25) is 0 Å². The van der Waals surface area contributed by atoms with Crippen molar-refractivity contribution >= 4 is 16.8 Å². The first kappa shape index (κ1) is 13.2. The Hall–Kier alpha value is -2.21. The van der Waals surface area contributed by atoms with Crippen LogP contribution in [-0.2, 0) is 11.3 Å². The van der Waals surface area contributed by atoms with Gasteiger partial charge in [0, 0.05) is 6.42 Å². The average Bonchev–Trinajstić information content (AvgIpc) is 2.38. The number of nitrogens with one attached hydrogen (secondary N) is 2. The third-order valence-corrected chi connectivity index (χ3v) is 2.73. The molecule has 0 spiro atoms. The number of hydrogen-bond donors (Lipinski definition) is 3. The maximum atomic E-state index is 11.8. The van der Waals surface area contributed by atoms with E-state index in [0.29, 0.717) is 42.7 Å². The van der Waals surface area contributed by atoms with Crippen LogP contribution in [0.1, 0.15) is 18.7 Å². The van der Waals surface area contributed by atoms with E-state index in [1.807, 2.05) is 6.07 Å². The van der Waals surface area contributed by atoms with Crippen LogP contribution in [0.5, 0.6) is 0 Å². The van der Waals surface area contributed by atoms with Gasteiger partial charge in [0.2, 0.25) is 5.91 Å². The summed E-state index contributed by atoms with van der Waals surface area (Å²) in [5, 5.41) is 3.69. The first-order valence-electron chi connectivity index (χ1n) is 6.14. The molecule has 0 saturated heterocycles. The normalized spacial score (nSPS) is 10.7. The zero-order chi connectivity index (χ0) is 13.7. The van der Waals surface area contributed by atoms with Crippen molar-refractivity contribution < 1.29 is 4.79 Å². The monoisotopic (exact) mass is 260 g/mol. The predicted molar refractivity (Wildman–Crippen MR) is 72.5 cm³/mol. The third-order valence-electron chi connectivity index (χ3n) is 2.73. The minimum atomic E-state index is -0.306. The van der Waals surface area contributed by atoms with Gasteiger partial charge in [-0.05, 0) is 25.1 Å². The van der Waals surface area contributed by atoms with Gasteiger partial charge in [-0.1, -0.05) is 12.1 Å². The lowest BCUT2D eigenvalue weighted by Gasteiger charge is -2.04. The number of hydrogen-bond acceptors (Lipinski definition) is 4. The number of amides is 1. The highest BCUT2D eigenvalue weighted by Crippen LogP contribution is 2.05. The molecule has 0 bridgehead atoms. The van der Waals surface area contributed by atoms with Crippen molar-refractivity contribution in [3.8, 4) is 0 Å². The molecule has 0 aliphatic rings. The minimum absolute atomic E-state index is 0.139. The molecule has 1 heterocycles. The van der Waals surface area contributed by atoms with Crippen LogP contribution in [0.3, 0.4) is 0 Å². The molecule has 1 aromatic heterocycles. The van der Waals surface area contributed by atoms with Crippen molar-refractivity contribution in [2.75, 3.05) is 6.54 Å². The van der Waals surface area contributed by atoms with E-state index in [2.05, 4.69) is 15.3 Å². The smallest absolute Gasteiger partial charge is 0.258 e. The Kier molecular flexibility index (Phi) is 4.25. The Morgan fingerprint density at radius 1 is 1.37 bits per heavy atom. The lowest BCUT2D eigenvalue weighted by Crippen LogP contribution is -2.21. The largest absolute Gasteiger partial charge is 0.370 e. The third kappa shape index (κ3) is 3.62. The molecule has 1 aromatic carbocycles. The fraction of sp³-hybridized carbons (Fsp3) is 0.308. The zero-order valence-corrected chi connectivity index (χ0v) is 10.5. The lowest BCUT2D eigenvalue weighted by atomic mass is 10.2. The van der Waals surface area contributed by atoms with Crippen LogP contribution in [0, 0.1) is 0 Å². The summed E-state index contributed by atoms with van der Waals surface area (Å²) in [4.78, 5) is 29.4. The van der Waals surface area contributed by atoms with Crippen LogP contribution in [0.15, 0.2) is 29.1 Å². The SMILES string of the molecule is NC(=O)CCCNCc1nc2ccccc2c(=O)[nH]1. The fourth-order valence-electron chi connectivity index (χ4n) is 1.81. The first-order chi connectivity index (χ1) is 9.16. The second kappa shape index (κ2) is 6.10. The fourth-order valence-corrected chi connectivity index (χ4v) is 1.81. The summed E-state index contributed by atoms with van der Waals surface area (Å²) in [6.07, 6.45) is 1.03. The number of H-pyrrole nitrogens is 1. The van der Waals surface area contributed by atoms with E-state index in [9.17, 15) is 9.59 Å². The van der Waals surface area contributed by atoms with Gasteiger partial charge in [-0.3, -0.25) is 9.59 Å².